The summed E-state index contributed by atoms with van der Waals surface area (Å²) in [6.45, 7) is 1.82. The Labute approximate surface area is 186 Å². The van der Waals surface area contributed by atoms with Crippen molar-refractivity contribution in [3.8, 4) is 5.75 Å². The van der Waals surface area contributed by atoms with E-state index in [0.29, 0.717) is 17.0 Å². The van der Waals surface area contributed by atoms with Gasteiger partial charge in [0.1, 0.15) is 11.3 Å². The van der Waals surface area contributed by atoms with Crippen LogP contribution in [0.2, 0.25) is 0 Å². The Morgan fingerprint density at radius 1 is 0.969 bits per heavy atom. The summed E-state index contributed by atoms with van der Waals surface area (Å²) in [6, 6.07) is 22.6. The summed E-state index contributed by atoms with van der Waals surface area (Å²) in [4.78, 5) is 39.3. The number of hydrogen-bond donors (Lipinski definition) is 2. The van der Waals surface area contributed by atoms with Crippen molar-refractivity contribution < 1.29 is 19.1 Å². The molecule has 1 fully saturated rings. The van der Waals surface area contributed by atoms with Gasteiger partial charge in [0.2, 0.25) is 0 Å². The van der Waals surface area contributed by atoms with Crippen LogP contribution in [0.5, 0.6) is 5.75 Å². The molecule has 2 N–H and O–H groups in total. The van der Waals surface area contributed by atoms with Crippen LogP contribution < -0.4 is 15.4 Å². The highest BCUT2D eigenvalue weighted by molar-refractivity contribution is 6.07. The topological polar surface area (TPSA) is 87.7 Å². The summed E-state index contributed by atoms with van der Waals surface area (Å²) in [7, 11) is 1.58. The van der Waals surface area contributed by atoms with Gasteiger partial charge in [0.05, 0.1) is 13.7 Å². The van der Waals surface area contributed by atoms with Crippen molar-refractivity contribution in [1.29, 1.82) is 0 Å². The van der Waals surface area contributed by atoms with Gasteiger partial charge in [0.15, 0.2) is 0 Å². The predicted octanol–water partition coefficient (Wildman–Crippen LogP) is 3.91. The minimum absolute atomic E-state index is 0.119. The van der Waals surface area contributed by atoms with E-state index in [0.717, 1.165) is 11.1 Å². The molecule has 0 bridgehead atoms. The molecule has 4 rings (SSSR count). The van der Waals surface area contributed by atoms with E-state index in [-0.39, 0.29) is 18.4 Å². The van der Waals surface area contributed by atoms with Gasteiger partial charge in [-0.3, -0.25) is 14.5 Å². The Morgan fingerprint density at radius 3 is 2.25 bits per heavy atom. The van der Waals surface area contributed by atoms with Gasteiger partial charge in [-0.15, -0.1) is 0 Å². The third-order valence-electron chi connectivity index (χ3n) is 5.53. The number of nitrogens with one attached hydrogen (secondary N) is 2. The first-order valence-electron chi connectivity index (χ1n) is 10.1. The number of hydrogen-bond acceptors (Lipinski definition) is 4. The Bertz CT molecular complexity index is 1140. The zero-order valence-corrected chi connectivity index (χ0v) is 17.8. The van der Waals surface area contributed by atoms with E-state index in [1.165, 1.54) is 4.90 Å². The first-order valence-corrected chi connectivity index (χ1v) is 10.1. The summed E-state index contributed by atoms with van der Waals surface area (Å²) in [5, 5.41) is 5.62. The van der Waals surface area contributed by atoms with Gasteiger partial charge in [-0.1, -0.05) is 42.5 Å². The van der Waals surface area contributed by atoms with Gasteiger partial charge in [0.25, 0.3) is 11.8 Å². The van der Waals surface area contributed by atoms with Gasteiger partial charge in [0, 0.05) is 11.3 Å². The largest absolute Gasteiger partial charge is 0.497 e. The molecule has 162 valence electrons. The van der Waals surface area contributed by atoms with Crippen LogP contribution in [0.25, 0.3) is 0 Å². The summed E-state index contributed by atoms with van der Waals surface area (Å²) in [6.07, 6.45) is 0. The van der Waals surface area contributed by atoms with E-state index in [2.05, 4.69) is 10.6 Å². The molecule has 0 aliphatic carbocycles. The van der Waals surface area contributed by atoms with Gasteiger partial charge < -0.3 is 15.4 Å². The van der Waals surface area contributed by atoms with Crippen molar-refractivity contribution in [1.82, 2.24) is 10.2 Å². The highest BCUT2D eigenvalue weighted by Gasteiger charge is 2.48. The van der Waals surface area contributed by atoms with Gasteiger partial charge in [-0.25, -0.2) is 4.79 Å². The first-order chi connectivity index (χ1) is 15.4. The van der Waals surface area contributed by atoms with Crippen molar-refractivity contribution in [2.24, 2.45) is 0 Å². The highest BCUT2D eigenvalue weighted by atomic mass is 16.5. The van der Waals surface area contributed by atoms with Crippen molar-refractivity contribution in [2.75, 3.05) is 12.4 Å². The Morgan fingerprint density at radius 2 is 1.62 bits per heavy atom. The number of methoxy groups -OCH3 is 1. The van der Waals surface area contributed by atoms with Gasteiger partial charge in [-0.2, -0.15) is 0 Å². The van der Waals surface area contributed by atoms with Crippen LogP contribution >= 0.6 is 0 Å². The predicted molar refractivity (Wildman–Crippen MR) is 120 cm³/mol. The summed E-state index contributed by atoms with van der Waals surface area (Å²) >= 11 is 0. The van der Waals surface area contributed by atoms with Crippen LogP contribution in [0.15, 0.2) is 78.9 Å². The summed E-state index contributed by atoms with van der Waals surface area (Å²) in [5.41, 5.74) is 1.49. The second kappa shape index (κ2) is 8.55. The molecule has 0 saturated carbocycles. The minimum Gasteiger partial charge on any atom is -0.497 e. The maximum absolute atomic E-state index is 13.0. The van der Waals surface area contributed by atoms with Crippen molar-refractivity contribution in [3.63, 3.8) is 0 Å². The van der Waals surface area contributed by atoms with E-state index in [1.54, 1.807) is 62.6 Å². The molecule has 3 aromatic rings. The van der Waals surface area contributed by atoms with E-state index in [4.69, 9.17) is 4.74 Å². The standard InChI is InChI=1S/C25H23N3O4/c1-25(19-6-4-3-5-7-19)23(30)28(24(31)27-25)16-17-8-10-18(11-9-17)22(29)26-20-12-14-21(32-2)15-13-20/h3-15H,16H2,1-2H3,(H,26,29)(H,27,31). The second-order valence-electron chi connectivity index (χ2n) is 7.69. The maximum Gasteiger partial charge on any atom is 0.325 e. The van der Waals surface area contributed by atoms with Crippen LogP contribution in [0.3, 0.4) is 0 Å². The number of ether oxygens (including phenoxy) is 1. The number of urea groups is 1. The molecule has 1 saturated heterocycles. The fourth-order valence-electron chi connectivity index (χ4n) is 3.63. The molecule has 1 heterocycles. The van der Waals surface area contributed by atoms with Gasteiger partial charge >= 0.3 is 6.03 Å². The lowest BCUT2D eigenvalue weighted by atomic mass is 9.92. The maximum atomic E-state index is 13.0. The molecule has 7 nitrogen and oxygen atoms in total. The molecule has 1 unspecified atom stereocenters. The van der Waals surface area contributed by atoms with Crippen molar-refractivity contribution in [2.45, 2.75) is 19.0 Å². The third-order valence-corrected chi connectivity index (χ3v) is 5.53. The van der Waals surface area contributed by atoms with Crippen LogP contribution in [0, 0.1) is 0 Å². The van der Waals surface area contributed by atoms with E-state index in [1.807, 2.05) is 30.3 Å². The third kappa shape index (κ3) is 4.05. The molecule has 1 aliphatic rings. The molecule has 0 aromatic heterocycles. The Balaban J connectivity index is 1.43. The number of carbonyl (C=O) groups excluding carboxylic acids is 3. The number of benzene rings is 3. The fourth-order valence-corrected chi connectivity index (χ4v) is 3.63. The summed E-state index contributed by atoms with van der Waals surface area (Å²) < 4.78 is 5.11. The number of imide groups is 1. The molecule has 32 heavy (non-hydrogen) atoms. The Kier molecular flexibility index (Phi) is 5.64. The van der Waals surface area contributed by atoms with Crippen LogP contribution in [-0.2, 0) is 16.9 Å². The lowest BCUT2D eigenvalue weighted by molar-refractivity contribution is -0.131. The molecule has 7 heteroatoms. The van der Waals surface area contributed by atoms with Crippen molar-refractivity contribution in [3.05, 3.63) is 95.6 Å². The molecule has 1 aliphatic heterocycles. The quantitative estimate of drug-likeness (QED) is 0.582. The minimum atomic E-state index is -1.10. The molecular formula is C25H23N3O4. The van der Waals surface area contributed by atoms with Crippen LogP contribution in [0.1, 0.15) is 28.4 Å². The highest BCUT2D eigenvalue weighted by Crippen LogP contribution is 2.29. The molecule has 0 spiro atoms. The lowest BCUT2D eigenvalue weighted by Crippen LogP contribution is -2.40. The van der Waals surface area contributed by atoms with Crippen LogP contribution in [0.4, 0.5) is 10.5 Å². The van der Waals surface area contributed by atoms with Crippen molar-refractivity contribution >= 4 is 23.5 Å². The lowest BCUT2D eigenvalue weighted by Gasteiger charge is -2.22. The monoisotopic (exact) mass is 429 g/mol. The second-order valence-corrected chi connectivity index (χ2v) is 7.69. The number of anilines is 1. The number of amides is 4. The molecule has 4 amide bonds. The zero-order valence-electron chi connectivity index (χ0n) is 17.8. The average Bonchev–Trinajstić information content (AvgIpc) is 3.04. The molecule has 3 aromatic carbocycles. The van der Waals surface area contributed by atoms with E-state index >= 15 is 0 Å². The normalized spacial score (nSPS) is 17.8. The Hall–Kier alpha value is -4.13. The number of nitrogens with zero attached hydrogens (tertiary/aromatic N) is 1. The smallest absolute Gasteiger partial charge is 0.325 e. The van der Waals surface area contributed by atoms with E-state index in [9.17, 15) is 14.4 Å². The SMILES string of the molecule is COc1ccc(NC(=O)c2ccc(CN3C(=O)NC(C)(c4ccccc4)C3=O)cc2)cc1. The number of carbonyl (C=O) groups is 3. The molecule has 1 atom stereocenters. The first kappa shape index (κ1) is 21.1. The molecule has 0 radical (unpaired) electrons. The van der Waals surface area contributed by atoms with Crippen LogP contribution in [-0.4, -0.2) is 29.9 Å². The molecular weight excluding hydrogens is 406 g/mol. The zero-order chi connectivity index (χ0) is 22.7. The number of rotatable bonds is 6. The average molecular weight is 429 g/mol. The summed E-state index contributed by atoms with van der Waals surface area (Å²) in [5.74, 6) is 0.139. The van der Waals surface area contributed by atoms with Gasteiger partial charge in [-0.05, 0) is 54.4 Å². The van der Waals surface area contributed by atoms with E-state index < -0.39 is 11.6 Å². The fraction of sp³-hybridized carbons (Fsp3) is 0.160.